The van der Waals surface area contributed by atoms with E-state index in [0.29, 0.717) is 17.3 Å². The minimum absolute atomic E-state index is 0.226. The van der Waals surface area contributed by atoms with E-state index in [0.717, 1.165) is 5.82 Å². The highest BCUT2D eigenvalue weighted by Crippen LogP contribution is 2.26. The van der Waals surface area contributed by atoms with E-state index in [1.54, 1.807) is 12.1 Å². The van der Waals surface area contributed by atoms with E-state index < -0.39 is 5.82 Å². The lowest BCUT2D eigenvalue weighted by Crippen LogP contribution is -2.03. The van der Waals surface area contributed by atoms with Gasteiger partial charge in [-0.3, -0.25) is 0 Å². The average molecular weight is 259 g/mol. The molecule has 5 heteroatoms. The molecule has 4 nitrogen and oxygen atoms in total. The third-order valence-electron chi connectivity index (χ3n) is 3.04. The summed E-state index contributed by atoms with van der Waals surface area (Å²) >= 11 is 0. The maximum atomic E-state index is 13.6. The molecular weight excluding hydrogens is 245 g/mol. The van der Waals surface area contributed by atoms with Crippen LogP contribution in [0.2, 0.25) is 0 Å². The number of anilines is 1. The van der Waals surface area contributed by atoms with Gasteiger partial charge < -0.3 is 10.1 Å². The van der Waals surface area contributed by atoms with Gasteiger partial charge in [-0.05, 0) is 43.2 Å². The summed E-state index contributed by atoms with van der Waals surface area (Å²) in [5, 5.41) is 11.5. The second-order valence-electron chi connectivity index (χ2n) is 4.57. The summed E-state index contributed by atoms with van der Waals surface area (Å²) in [5.74, 6) is 0.589. The predicted molar refractivity (Wildman–Crippen MR) is 70.6 cm³/mol. The van der Waals surface area contributed by atoms with Crippen molar-refractivity contribution >= 4 is 5.82 Å². The number of ether oxygens (including phenoxy) is 1. The second-order valence-corrected chi connectivity index (χ2v) is 4.57. The Kier molecular flexibility index (Phi) is 3.03. The number of aromatic nitrogens is 2. The highest BCUT2D eigenvalue weighted by Gasteiger charge is 2.21. The van der Waals surface area contributed by atoms with Gasteiger partial charge in [0, 0.05) is 11.6 Å². The fraction of sp³-hybridized carbons (Fsp3) is 0.286. The summed E-state index contributed by atoms with van der Waals surface area (Å²) in [7, 11) is 1.44. The second kappa shape index (κ2) is 4.84. The Hall–Kier alpha value is -2.17. The number of rotatable bonds is 4. The first-order valence-electron chi connectivity index (χ1n) is 6.20. The van der Waals surface area contributed by atoms with Crippen molar-refractivity contribution in [3.8, 4) is 17.0 Å². The lowest BCUT2D eigenvalue weighted by Gasteiger charge is -2.06. The Morgan fingerprint density at radius 1 is 1.21 bits per heavy atom. The molecule has 98 valence electrons. The summed E-state index contributed by atoms with van der Waals surface area (Å²) in [6.45, 7) is 0. The van der Waals surface area contributed by atoms with Crippen LogP contribution in [0.3, 0.4) is 0 Å². The smallest absolute Gasteiger partial charge is 0.165 e. The van der Waals surface area contributed by atoms with Gasteiger partial charge in [-0.1, -0.05) is 0 Å². The van der Waals surface area contributed by atoms with Crippen LogP contribution < -0.4 is 10.1 Å². The minimum atomic E-state index is -0.401. The summed E-state index contributed by atoms with van der Waals surface area (Å²) in [4.78, 5) is 0. The number of benzene rings is 1. The van der Waals surface area contributed by atoms with Crippen molar-refractivity contribution in [2.75, 3.05) is 12.4 Å². The normalized spacial score (nSPS) is 14.2. The molecule has 0 unspecified atom stereocenters. The molecule has 1 fully saturated rings. The Morgan fingerprint density at radius 2 is 2.05 bits per heavy atom. The number of hydrogen-bond donors (Lipinski definition) is 1. The van der Waals surface area contributed by atoms with Crippen LogP contribution in [0.1, 0.15) is 12.8 Å². The third-order valence-corrected chi connectivity index (χ3v) is 3.04. The Morgan fingerprint density at radius 3 is 2.63 bits per heavy atom. The van der Waals surface area contributed by atoms with Crippen molar-refractivity contribution in [2.24, 2.45) is 0 Å². The third kappa shape index (κ3) is 2.65. The maximum Gasteiger partial charge on any atom is 0.165 e. The molecule has 1 aromatic carbocycles. The Labute approximate surface area is 110 Å². The molecule has 0 bridgehead atoms. The molecular formula is C14H14FN3O. The van der Waals surface area contributed by atoms with Gasteiger partial charge in [0.2, 0.25) is 0 Å². The fourth-order valence-corrected chi connectivity index (χ4v) is 1.83. The summed E-state index contributed by atoms with van der Waals surface area (Å²) in [6.07, 6.45) is 2.38. The van der Waals surface area contributed by atoms with Crippen LogP contribution in [0.15, 0.2) is 30.3 Å². The van der Waals surface area contributed by atoms with Crippen molar-refractivity contribution in [1.82, 2.24) is 10.2 Å². The molecule has 1 N–H and O–H groups in total. The summed E-state index contributed by atoms with van der Waals surface area (Å²) < 4.78 is 18.5. The van der Waals surface area contributed by atoms with E-state index in [1.807, 2.05) is 12.1 Å². The zero-order valence-corrected chi connectivity index (χ0v) is 10.6. The molecule has 1 aliphatic rings. The van der Waals surface area contributed by atoms with Crippen molar-refractivity contribution in [2.45, 2.75) is 18.9 Å². The lowest BCUT2D eigenvalue weighted by molar-refractivity contribution is 0.386. The van der Waals surface area contributed by atoms with E-state index in [-0.39, 0.29) is 5.75 Å². The highest BCUT2D eigenvalue weighted by molar-refractivity contribution is 5.61. The van der Waals surface area contributed by atoms with E-state index in [1.165, 1.54) is 26.0 Å². The van der Waals surface area contributed by atoms with Crippen LogP contribution in [0.5, 0.6) is 5.75 Å². The molecule has 0 spiro atoms. The average Bonchev–Trinajstić information content (AvgIpc) is 3.23. The van der Waals surface area contributed by atoms with E-state index >= 15 is 0 Å². The van der Waals surface area contributed by atoms with E-state index in [2.05, 4.69) is 15.5 Å². The van der Waals surface area contributed by atoms with Gasteiger partial charge in [0.1, 0.15) is 5.82 Å². The molecule has 3 rings (SSSR count). The molecule has 0 atom stereocenters. The Bertz CT molecular complexity index is 582. The number of hydrogen-bond acceptors (Lipinski definition) is 4. The van der Waals surface area contributed by atoms with Crippen molar-refractivity contribution in [3.05, 3.63) is 36.1 Å². The van der Waals surface area contributed by atoms with Gasteiger partial charge in [-0.25, -0.2) is 4.39 Å². The van der Waals surface area contributed by atoms with Crippen molar-refractivity contribution < 1.29 is 9.13 Å². The van der Waals surface area contributed by atoms with Gasteiger partial charge >= 0.3 is 0 Å². The zero-order valence-electron chi connectivity index (χ0n) is 10.6. The first-order valence-corrected chi connectivity index (χ1v) is 6.20. The van der Waals surface area contributed by atoms with Gasteiger partial charge in [0.15, 0.2) is 11.6 Å². The SMILES string of the molecule is COc1ccc(-c2ccc(NC3CC3)nn2)cc1F. The van der Waals surface area contributed by atoms with Gasteiger partial charge in [0.05, 0.1) is 12.8 Å². The standard InChI is InChI=1S/C14H14FN3O/c1-19-13-6-2-9(8-11(13)15)12-5-7-14(18-17-12)16-10-3-4-10/h2,5-8,10H,3-4H2,1H3,(H,16,18). The van der Waals surface area contributed by atoms with Gasteiger partial charge in [-0.15, -0.1) is 10.2 Å². The fourth-order valence-electron chi connectivity index (χ4n) is 1.83. The summed E-state index contributed by atoms with van der Waals surface area (Å²) in [6, 6.07) is 8.99. The molecule has 0 radical (unpaired) electrons. The molecule has 1 aliphatic carbocycles. The monoisotopic (exact) mass is 259 g/mol. The first-order chi connectivity index (χ1) is 9.26. The molecule has 0 amide bonds. The Balaban J connectivity index is 1.82. The number of nitrogens with one attached hydrogen (secondary N) is 1. The topological polar surface area (TPSA) is 47.0 Å². The number of nitrogens with zero attached hydrogens (tertiary/aromatic N) is 2. The van der Waals surface area contributed by atoms with Gasteiger partial charge in [0.25, 0.3) is 0 Å². The van der Waals surface area contributed by atoms with Crippen LogP contribution in [-0.4, -0.2) is 23.3 Å². The minimum Gasteiger partial charge on any atom is -0.494 e. The maximum absolute atomic E-state index is 13.6. The van der Waals surface area contributed by atoms with Crippen LogP contribution in [0.4, 0.5) is 10.2 Å². The number of methoxy groups -OCH3 is 1. The molecule has 0 aliphatic heterocycles. The molecule has 0 saturated heterocycles. The zero-order chi connectivity index (χ0) is 13.2. The lowest BCUT2D eigenvalue weighted by atomic mass is 10.1. The predicted octanol–water partition coefficient (Wildman–Crippen LogP) is 2.87. The van der Waals surface area contributed by atoms with Crippen LogP contribution in [-0.2, 0) is 0 Å². The highest BCUT2D eigenvalue weighted by atomic mass is 19.1. The van der Waals surface area contributed by atoms with Gasteiger partial charge in [-0.2, -0.15) is 0 Å². The molecule has 2 aromatic rings. The quantitative estimate of drug-likeness (QED) is 0.917. The molecule has 1 heterocycles. The number of halogens is 1. The van der Waals surface area contributed by atoms with E-state index in [4.69, 9.17) is 4.74 Å². The molecule has 1 saturated carbocycles. The largest absolute Gasteiger partial charge is 0.494 e. The van der Waals surface area contributed by atoms with Crippen molar-refractivity contribution in [3.63, 3.8) is 0 Å². The van der Waals surface area contributed by atoms with Crippen LogP contribution in [0.25, 0.3) is 11.3 Å². The van der Waals surface area contributed by atoms with E-state index in [9.17, 15) is 4.39 Å². The van der Waals surface area contributed by atoms with Crippen LogP contribution in [0, 0.1) is 5.82 Å². The van der Waals surface area contributed by atoms with Crippen molar-refractivity contribution in [1.29, 1.82) is 0 Å². The van der Waals surface area contributed by atoms with Crippen LogP contribution >= 0.6 is 0 Å². The molecule has 19 heavy (non-hydrogen) atoms. The summed E-state index contributed by atoms with van der Waals surface area (Å²) in [5.41, 5.74) is 1.33. The molecule has 1 aromatic heterocycles. The first kappa shape index (κ1) is 11.9.